The highest BCUT2D eigenvalue weighted by atomic mass is 79.9. The molecule has 140 valence electrons. The third kappa shape index (κ3) is 4.30. The number of sulfonamides is 1. The second-order valence-electron chi connectivity index (χ2n) is 5.99. The van der Waals surface area contributed by atoms with Gasteiger partial charge in [0.1, 0.15) is 0 Å². The van der Waals surface area contributed by atoms with Gasteiger partial charge in [0.25, 0.3) is 0 Å². The maximum absolute atomic E-state index is 12.4. The second-order valence-corrected chi connectivity index (χ2v) is 9.16. The van der Waals surface area contributed by atoms with Crippen molar-refractivity contribution >= 4 is 37.9 Å². The molecule has 3 rings (SSSR count). The second kappa shape index (κ2) is 7.85. The first-order valence-electron chi connectivity index (χ1n) is 8.27. The van der Waals surface area contributed by atoms with Crippen molar-refractivity contribution < 1.29 is 17.6 Å². The average molecular weight is 443 g/mol. The van der Waals surface area contributed by atoms with Gasteiger partial charge in [-0.3, -0.25) is 10.1 Å². The van der Waals surface area contributed by atoms with Gasteiger partial charge in [-0.25, -0.2) is 12.7 Å². The first kappa shape index (κ1) is 19.0. The van der Waals surface area contributed by atoms with Crippen LogP contribution < -0.4 is 5.32 Å². The monoisotopic (exact) mass is 442 g/mol. The molecule has 1 amide bonds. The molecule has 1 N–H and O–H groups in total. The summed E-state index contributed by atoms with van der Waals surface area (Å²) in [5, 5.41) is 10.4. The quantitative estimate of drug-likeness (QED) is 0.762. The highest BCUT2D eigenvalue weighted by Crippen LogP contribution is 2.25. The predicted molar refractivity (Wildman–Crippen MR) is 99.8 cm³/mol. The van der Waals surface area contributed by atoms with Crippen molar-refractivity contribution in [3.05, 3.63) is 28.7 Å². The molecule has 1 aromatic carbocycles. The number of piperidine rings is 1. The van der Waals surface area contributed by atoms with Crippen LogP contribution in [0, 0.1) is 5.92 Å². The number of anilines is 1. The van der Waals surface area contributed by atoms with Crippen molar-refractivity contribution in [2.24, 2.45) is 5.92 Å². The van der Waals surface area contributed by atoms with Crippen LogP contribution in [0.1, 0.15) is 19.8 Å². The Kier molecular flexibility index (Phi) is 5.73. The highest BCUT2D eigenvalue weighted by Gasteiger charge is 2.30. The summed E-state index contributed by atoms with van der Waals surface area (Å²) in [6, 6.07) is 7.43. The average Bonchev–Trinajstić information content (AvgIpc) is 3.10. The topological polar surface area (TPSA) is 105 Å². The Morgan fingerprint density at radius 1 is 1.35 bits per heavy atom. The molecular weight excluding hydrogens is 424 g/mol. The zero-order valence-electron chi connectivity index (χ0n) is 14.2. The molecule has 8 nitrogen and oxygen atoms in total. The van der Waals surface area contributed by atoms with Crippen LogP contribution in [0.15, 0.2) is 33.2 Å². The lowest BCUT2D eigenvalue weighted by Crippen LogP contribution is -2.42. The minimum atomic E-state index is -3.20. The number of rotatable bonds is 5. The normalized spacial score (nSPS) is 16.5. The Labute approximate surface area is 160 Å². The number of halogens is 1. The summed E-state index contributed by atoms with van der Waals surface area (Å²) >= 11 is 3.38. The number of benzene rings is 1. The van der Waals surface area contributed by atoms with Crippen molar-refractivity contribution in [2.75, 3.05) is 24.2 Å². The number of aromatic nitrogens is 2. The van der Waals surface area contributed by atoms with Crippen LogP contribution in [0.25, 0.3) is 11.5 Å². The third-order valence-corrected chi connectivity index (χ3v) is 6.68. The van der Waals surface area contributed by atoms with Crippen molar-refractivity contribution in [1.29, 1.82) is 0 Å². The van der Waals surface area contributed by atoms with Crippen LogP contribution in [0.2, 0.25) is 0 Å². The molecule has 0 radical (unpaired) electrons. The largest absolute Gasteiger partial charge is 0.403 e. The third-order valence-electron chi connectivity index (χ3n) is 4.31. The predicted octanol–water partition coefficient (Wildman–Crippen LogP) is 2.50. The zero-order valence-corrected chi connectivity index (χ0v) is 16.6. The van der Waals surface area contributed by atoms with E-state index in [-0.39, 0.29) is 23.6 Å². The molecule has 2 heterocycles. The fourth-order valence-corrected chi connectivity index (χ4v) is 4.33. The summed E-state index contributed by atoms with van der Waals surface area (Å²) in [4.78, 5) is 12.4. The van der Waals surface area contributed by atoms with Gasteiger partial charge in [0.15, 0.2) is 0 Å². The van der Waals surface area contributed by atoms with Crippen LogP contribution >= 0.6 is 15.9 Å². The highest BCUT2D eigenvalue weighted by molar-refractivity contribution is 9.10. The van der Waals surface area contributed by atoms with Crippen LogP contribution in [-0.2, 0) is 14.8 Å². The first-order chi connectivity index (χ1) is 12.4. The molecular formula is C16H19BrN4O4S. The van der Waals surface area contributed by atoms with Gasteiger partial charge in [-0.2, -0.15) is 0 Å². The molecule has 0 spiro atoms. The molecule has 1 aliphatic rings. The summed E-state index contributed by atoms with van der Waals surface area (Å²) < 4.78 is 31.6. The smallest absolute Gasteiger partial charge is 0.322 e. The van der Waals surface area contributed by atoms with E-state index < -0.39 is 10.0 Å². The lowest BCUT2D eigenvalue weighted by atomic mass is 9.97. The van der Waals surface area contributed by atoms with E-state index in [9.17, 15) is 13.2 Å². The Morgan fingerprint density at radius 2 is 2.08 bits per heavy atom. The molecule has 0 aliphatic carbocycles. The van der Waals surface area contributed by atoms with E-state index in [2.05, 4.69) is 31.4 Å². The summed E-state index contributed by atoms with van der Waals surface area (Å²) in [5.74, 6) is -0.127. The van der Waals surface area contributed by atoms with E-state index in [0.29, 0.717) is 31.8 Å². The molecule has 26 heavy (non-hydrogen) atoms. The molecule has 2 aromatic rings. The molecule has 10 heteroatoms. The first-order valence-corrected chi connectivity index (χ1v) is 10.7. The summed E-state index contributed by atoms with van der Waals surface area (Å²) in [6.45, 7) is 2.31. The standard InChI is InChI=1S/C16H19BrN4O4S/c1-2-26(23,24)21-8-6-11(7-9-21)14(22)18-16-20-19-15(25-16)12-4-3-5-13(17)10-12/h3-5,10-11H,2,6-9H2,1H3,(H,18,20,22). The Bertz CT molecular complexity index is 891. The Morgan fingerprint density at radius 3 is 2.73 bits per heavy atom. The molecule has 1 aromatic heterocycles. The minimum Gasteiger partial charge on any atom is -0.403 e. The Hall–Kier alpha value is -1.78. The van der Waals surface area contributed by atoms with Gasteiger partial charge in [0, 0.05) is 29.0 Å². The van der Waals surface area contributed by atoms with Crippen LogP contribution in [-0.4, -0.2) is 47.7 Å². The van der Waals surface area contributed by atoms with Crippen molar-refractivity contribution in [1.82, 2.24) is 14.5 Å². The van der Waals surface area contributed by atoms with E-state index in [1.54, 1.807) is 6.92 Å². The van der Waals surface area contributed by atoms with Gasteiger partial charge in [-0.15, -0.1) is 5.10 Å². The maximum Gasteiger partial charge on any atom is 0.322 e. The minimum absolute atomic E-state index is 0.0357. The molecule has 1 saturated heterocycles. The zero-order chi connectivity index (χ0) is 18.7. The maximum atomic E-state index is 12.4. The van der Waals surface area contributed by atoms with E-state index in [0.717, 1.165) is 10.0 Å². The number of hydrogen-bond acceptors (Lipinski definition) is 6. The number of carbonyl (C=O) groups is 1. The summed E-state index contributed by atoms with van der Waals surface area (Å²) in [7, 11) is -3.20. The number of hydrogen-bond donors (Lipinski definition) is 1. The van der Waals surface area contributed by atoms with Crippen molar-refractivity contribution in [3.8, 4) is 11.5 Å². The molecule has 1 fully saturated rings. The van der Waals surface area contributed by atoms with E-state index in [4.69, 9.17) is 4.42 Å². The van der Waals surface area contributed by atoms with Gasteiger partial charge >= 0.3 is 6.01 Å². The van der Waals surface area contributed by atoms with Crippen molar-refractivity contribution in [3.63, 3.8) is 0 Å². The van der Waals surface area contributed by atoms with Gasteiger partial charge in [-0.05, 0) is 38.0 Å². The number of amides is 1. The lowest BCUT2D eigenvalue weighted by Gasteiger charge is -2.29. The SMILES string of the molecule is CCS(=O)(=O)N1CCC(C(=O)Nc2nnc(-c3cccc(Br)c3)o2)CC1. The van der Waals surface area contributed by atoms with Gasteiger partial charge < -0.3 is 4.42 Å². The van der Waals surface area contributed by atoms with Gasteiger partial charge in [0.05, 0.1) is 5.75 Å². The fraction of sp³-hybridized carbons (Fsp3) is 0.438. The fourth-order valence-electron chi connectivity index (χ4n) is 2.80. The molecule has 1 aliphatic heterocycles. The number of nitrogens with one attached hydrogen (secondary N) is 1. The van der Waals surface area contributed by atoms with E-state index in [1.165, 1.54) is 4.31 Å². The van der Waals surface area contributed by atoms with Crippen LogP contribution in [0.4, 0.5) is 6.01 Å². The molecule has 0 unspecified atom stereocenters. The van der Waals surface area contributed by atoms with Gasteiger partial charge in [-0.1, -0.05) is 27.1 Å². The van der Waals surface area contributed by atoms with Crippen LogP contribution in [0.3, 0.4) is 0 Å². The van der Waals surface area contributed by atoms with E-state index >= 15 is 0 Å². The summed E-state index contributed by atoms with van der Waals surface area (Å²) in [6.07, 6.45) is 0.940. The van der Waals surface area contributed by atoms with E-state index in [1.807, 2.05) is 24.3 Å². The van der Waals surface area contributed by atoms with Crippen LogP contribution in [0.5, 0.6) is 0 Å². The lowest BCUT2D eigenvalue weighted by molar-refractivity contribution is -0.121. The molecule has 0 saturated carbocycles. The number of carbonyl (C=O) groups excluding carboxylic acids is 1. The Balaban J connectivity index is 1.60. The van der Waals surface area contributed by atoms with Crippen molar-refractivity contribution in [2.45, 2.75) is 19.8 Å². The number of nitrogens with zero attached hydrogens (tertiary/aromatic N) is 3. The van der Waals surface area contributed by atoms with Gasteiger partial charge in [0.2, 0.25) is 21.8 Å². The molecule has 0 atom stereocenters. The summed E-state index contributed by atoms with van der Waals surface area (Å²) in [5.41, 5.74) is 0.741. The molecule has 0 bridgehead atoms.